The van der Waals surface area contributed by atoms with E-state index < -0.39 is 6.10 Å². The third kappa shape index (κ3) is 5.84. The van der Waals surface area contributed by atoms with Crippen LogP contribution >= 0.6 is 0 Å². The van der Waals surface area contributed by atoms with Gasteiger partial charge in [0.15, 0.2) is 5.82 Å². The normalized spacial score (nSPS) is 14.6. The molecule has 3 atom stereocenters. The Morgan fingerprint density at radius 1 is 1.32 bits per heavy atom. The van der Waals surface area contributed by atoms with E-state index >= 15 is 0 Å². The molecule has 8 heteroatoms. The van der Waals surface area contributed by atoms with Gasteiger partial charge in [-0.15, -0.1) is 10.2 Å². The van der Waals surface area contributed by atoms with Crippen molar-refractivity contribution >= 4 is 6.03 Å². The Morgan fingerprint density at radius 2 is 2.04 bits per heavy atom. The minimum atomic E-state index is -0.790. The lowest BCUT2D eigenvalue weighted by Crippen LogP contribution is -2.42. The van der Waals surface area contributed by atoms with Crippen molar-refractivity contribution < 1.29 is 14.6 Å². The van der Waals surface area contributed by atoms with E-state index in [1.165, 1.54) is 0 Å². The summed E-state index contributed by atoms with van der Waals surface area (Å²) in [6.45, 7) is 3.96. The summed E-state index contributed by atoms with van der Waals surface area (Å²) in [4.78, 5) is 11.9. The zero-order valence-electron chi connectivity index (χ0n) is 14.7. The molecule has 0 fully saturated rings. The Kier molecular flexibility index (Phi) is 6.91. The fourth-order valence-corrected chi connectivity index (χ4v) is 2.34. The van der Waals surface area contributed by atoms with E-state index in [0.717, 1.165) is 5.56 Å². The van der Waals surface area contributed by atoms with Crippen molar-refractivity contribution in [2.75, 3.05) is 13.2 Å². The number of amides is 2. The molecule has 136 valence electrons. The van der Waals surface area contributed by atoms with Gasteiger partial charge in [0.05, 0.1) is 24.9 Å². The number of ether oxygens (including phenoxy) is 1. The molecule has 1 heterocycles. The highest BCUT2D eigenvalue weighted by atomic mass is 16.5. The number of nitrogens with zero attached hydrogens (tertiary/aromatic N) is 3. The lowest BCUT2D eigenvalue weighted by atomic mass is 10.1. The third-order valence-corrected chi connectivity index (χ3v) is 3.79. The molecule has 0 aliphatic rings. The van der Waals surface area contributed by atoms with Crippen LogP contribution in [-0.2, 0) is 11.8 Å². The standard InChI is InChI=1S/C17H25N5O3/c1-12(16-21-19-11-22(16)3)20-17(24)18-9-15(23)10-25-13(2)14-7-5-4-6-8-14/h4-8,11-13,15,23H,9-10H2,1-3H3,(H2,18,20,24)/t12-,13+,15-/m0/s1. The van der Waals surface area contributed by atoms with Crippen molar-refractivity contribution in [3.8, 4) is 0 Å². The van der Waals surface area contributed by atoms with Crippen LogP contribution < -0.4 is 10.6 Å². The summed E-state index contributed by atoms with van der Waals surface area (Å²) >= 11 is 0. The van der Waals surface area contributed by atoms with E-state index in [0.29, 0.717) is 5.82 Å². The summed E-state index contributed by atoms with van der Waals surface area (Å²) in [6.07, 6.45) is 0.656. The minimum Gasteiger partial charge on any atom is -0.389 e. The second-order valence-electron chi connectivity index (χ2n) is 5.92. The van der Waals surface area contributed by atoms with E-state index in [4.69, 9.17) is 4.74 Å². The number of hydrogen-bond donors (Lipinski definition) is 3. The quantitative estimate of drug-likeness (QED) is 0.668. The van der Waals surface area contributed by atoms with Crippen LogP contribution in [0, 0.1) is 0 Å². The highest BCUT2D eigenvalue weighted by Gasteiger charge is 2.15. The summed E-state index contributed by atoms with van der Waals surface area (Å²) in [5.41, 5.74) is 1.04. The Labute approximate surface area is 147 Å². The van der Waals surface area contributed by atoms with E-state index in [2.05, 4.69) is 20.8 Å². The molecule has 0 radical (unpaired) electrons. The molecule has 2 amide bonds. The maximum absolute atomic E-state index is 11.9. The smallest absolute Gasteiger partial charge is 0.315 e. The molecule has 1 aromatic heterocycles. The zero-order valence-corrected chi connectivity index (χ0v) is 14.7. The molecular formula is C17H25N5O3. The monoisotopic (exact) mass is 347 g/mol. The van der Waals surface area contributed by atoms with Crippen LogP contribution in [0.25, 0.3) is 0 Å². The van der Waals surface area contributed by atoms with E-state index in [1.807, 2.05) is 44.2 Å². The summed E-state index contributed by atoms with van der Waals surface area (Å²) in [5, 5.41) is 23.0. The molecule has 0 bridgehead atoms. The molecular weight excluding hydrogens is 322 g/mol. The number of hydrogen-bond acceptors (Lipinski definition) is 5. The van der Waals surface area contributed by atoms with E-state index in [-0.39, 0.29) is 31.3 Å². The predicted molar refractivity (Wildman–Crippen MR) is 92.8 cm³/mol. The Balaban J connectivity index is 1.68. The van der Waals surface area contributed by atoms with Crippen molar-refractivity contribution in [2.45, 2.75) is 32.1 Å². The molecule has 0 unspecified atom stereocenters. The van der Waals surface area contributed by atoms with Gasteiger partial charge in [0.1, 0.15) is 6.33 Å². The summed E-state index contributed by atoms with van der Waals surface area (Å²) < 4.78 is 7.37. The molecule has 0 aliphatic carbocycles. The first kappa shape index (κ1) is 18.9. The van der Waals surface area contributed by atoms with Gasteiger partial charge in [-0.05, 0) is 19.4 Å². The summed E-state index contributed by atoms with van der Waals surface area (Å²) in [7, 11) is 1.81. The van der Waals surface area contributed by atoms with Crippen LogP contribution in [0.1, 0.15) is 37.4 Å². The van der Waals surface area contributed by atoms with Gasteiger partial charge in [0, 0.05) is 13.6 Å². The van der Waals surface area contributed by atoms with Crippen molar-refractivity contribution in [1.82, 2.24) is 25.4 Å². The average Bonchev–Trinajstić information content (AvgIpc) is 3.04. The van der Waals surface area contributed by atoms with Crippen LogP contribution in [0.3, 0.4) is 0 Å². The van der Waals surface area contributed by atoms with Crippen molar-refractivity contribution in [1.29, 1.82) is 0 Å². The van der Waals surface area contributed by atoms with Gasteiger partial charge in [-0.1, -0.05) is 30.3 Å². The van der Waals surface area contributed by atoms with Gasteiger partial charge >= 0.3 is 6.03 Å². The van der Waals surface area contributed by atoms with Gasteiger partial charge in [-0.25, -0.2) is 4.79 Å². The molecule has 0 saturated carbocycles. The number of benzene rings is 1. The molecule has 2 aromatic rings. The van der Waals surface area contributed by atoms with Crippen molar-refractivity contribution in [2.24, 2.45) is 7.05 Å². The molecule has 0 saturated heterocycles. The Bertz CT molecular complexity index is 661. The highest BCUT2D eigenvalue weighted by molar-refractivity contribution is 5.74. The van der Waals surface area contributed by atoms with Gasteiger partial charge in [-0.3, -0.25) is 0 Å². The fraction of sp³-hybridized carbons (Fsp3) is 0.471. The fourth-order valence-electron chi connectivity index (χ4n) is 2.34. The van der Waals surface area contributed by atoms with Gasteiger partial charge in [0.2, 0.25) is 0 Å². The second-order valence-corrected chi connectivity index (χ2v) is 5.92. The first-order valence-electron chi connectivity index (χ1n) is 8.20. The summed E-state index contributed by atoms with van der Waals surface area (Å²) in [6, 6.07) is 9.08. The zero-order chi connectivity index (χ0) is 18.2. The number of aromatic nitrogens is 3. The molecule has 1 aromatic carbocycles. The molecule has 0 aliphatic heterocycles. The average molecular weight is 347 g/mol. The van der Waals surface area contributed by atoms with Gasteiger partial charge < -0.3 is 25.0 Å². The SMILES string of the molecule is C[C@H](NC(=O)NC[C@H](O)CO[C@H](C)c1ccccc1)c1nncn1C. The molecule has 0 spiro atoms. The van der Waals surface area contributed by atoms with E-state index in [1.54, 1.807) is 17.9 Å². The number of carbonyl (C=O) groups excluding carboxylic acids is 1. The van der Waals surface area contributed by atoms with Crippen molar-refractivity contribution in [3.05, 3.63) is 48.0 Å². The highest BCUT2D eigenvalue weighted by Crippen LogP contribution is 2.15. The molecule has 2 rings (SSSR count). The predicted octanol–water partition coefficient (Wildman–Crippen LogP) is 1.31. The third-order valence-electron chi connectivity index (χ3n) is 3.79. The number of aryl methyl sites for hydroxylation is 1. The number of carbonyl (C=O) groups is 1. The van der Waals surface area contributed by atoms with Crippen LogP contribution in [0.4, 0.5) is 4.79 Å². The number of rotatable bonds is 8. The van der Waals surface area contributed by atoms with Crippen LogP contribution in [0.15, 0.2) is 36.7 Å². The largest absolute Gasteiger partial charge is 0.389 e. The Hall–Kier alpha value is -2.45. The lowest BCUT2D eigenvalue weighted by Gasteiger charge is -2.18. The number of aliphatic hydroxyl groups is 1. The maximum atomic E-state index is 11.9. The molecule has 3 N–H and O–H groups in total. The first-order chi connectivity index (χ1) is 12.0. The number of urea groups is 1. The second kappa shape index (κ2) is 9.14. The lowest BCUT2D eigenvalue weighted by molar-refractivity contribution is -0.00110. The van der Waals surface area contributed by atoms with Crippen LogP contribution in [0.5, 0.6) is 0 Å². The minimum absolute atomic E-state index is 0.0961. The van der Waals surface area contributed by atoms with Gasteiger partial charge in [-0.2, -0.15) is 0 Å². The van der Waals surface area contributed by atoms with Gasteiger partial charge in [0.25, 0.3) is 0 Å². The van der Waals surface area contributed by atoms with E-state index in [9.17, 15) is 9.90 Å². The number of nitrogens with one attached hydrogen (secondary N) is 2. The Morgan fingerprint density at radius 3 is 2.68 bits per heavy atom. The first-order valence-corrected chi connectivity index (χ1v) is 8.20. The summed E-state index contributed by atoms with van der Waals surface area (Å²) in [5.74, 6) is 0.649. The maximum Gasteiger partial charge on any atom is 0.315 e. The number of aliphatic hydroxyl groups excluding tert-OH is 1. The molecule has 8 nitrogen and oxygen atoms in total. The van der Waals surface area contributed by atoms with Crippen LogP contribution in [-0.4, -0.2) is 45.2 Å². The van der Waals surface area contributed by atoms with Crippen molar-refractivity contribution in [3.63, 3.8) is 0 Å². The van der Waals surface area contributed by atoms with Crippen LogP contribution in [0.2, 0.25) is 0 Å². The topological polar surface area (TPSA) is 101 Å². The molecule has 25 heavy (non-hydrogen) atoms.